The largest absolute Gasteiger partial charge is 0.364 e. The van der Waals surface area contributed by atoms with Crippen LogP contribution in [0.15, 0.2) is 24.5 Å². The predicted molar refractivity (Wildman–Crippen MR) is 48.8 cm³/mol. The number of nitrogens with one attached hydrogen (secondary N) is 1. The first kappa shape index (κ1) is 7.55. The molecular formula is C9H12N3. The molecule has 0 unspecified atom stereocenters. The average molecular weight is 162 g/mol. The maximum Gasteiger partial charge on any atom is 0.0630 e. The van der Waals surface area contributed by atoms with E-state index in [0.717, 1.165) is 19.6 Å². The van der Waals surface area contributed by atoms with Crippen LogP contribution in [0.25, 0.3) is 0 Å². The number of hydrogen-bond acceptors (Lipinski definition) is 3. The Morgan fingerprint density at radius 1 is 1.33 bits per heavy atom. The lowest BCUT2D eigenvalue weighted by Gasteiger charge is -2.28. The molecule has 1 fully saturated rings. The van der Waals surface area contributed by atoms with Crippen LogP contribution in [0.5, 0.6) is 0 Å². The summed E-state index contributed by atoms with van der Waals surface area (Å²) in [5, 5.41) is 3.27. The van der Waals surface area contributed by atoms with Gasteiger partial charge in [0.2, 0.25) is 0 Å². The predicted octanol–water partition coefficient (Wildman–Crippen LogP) is 0.653. The van der Waals surface area contributed by atoms with Crippen molar-refractivity contribution in [2.45, 2.75) is 0 Å². The molecule has 0 atom stereocenters. The molecule has 0 aromatic carbocycles. The molecule has 1 N–H and O–H groups in total. The third-order valence-corrected chi connectivity index (χ3v) is 1.98. The summed E-state index contributed by atoms with van der Waals surface area (Å²) >= 11 is 0. The fourth-order valence-electron chi connectivity index (χ4n) is 1.34. The van der Waals surface area contributed by atoms with Gasteiger partial charge in [-0.1, -0.05) is 0 Å². The summed E-state index contributed by atoms with van der Waals surface area (Å²) in [7, 11) is 0. The number of hydrogen-bond donors (Lipinski definition) is 1. The molecule has 12 heavy (non-hydrogen) atoms. The minimum absolute atomic E-state index is 0.961. The van der Waals surface area contributed by atoms with Crippen molar-refractivity contribution in [1.82, 2.24) is 10.3 Å². The molecule has 1 aliphatic heterocycles. The first-order chi connectivity index (χ1) is 5.97. The van der Waals surface area contributed by atoms with E-state index in [0.29, 0.717) is 0 Å². The summed E-state index contributed by atoms with van der Waals surface area (Å²) in [6, 6.07) is 4.06. The molecule has 3 nitrogen and oxygen atoms in total. The van der Waals surface area contributed by atoms with Crippen molar-refractivity contribution in [2.24, 2.45) is 0 Å². The zero-order valence-electron chi connectivity index (χ0n) is 6.90. The highest BCUT2D eigenvalue weighted by Gasteiger charge is 2.09. The van der Waals surface area contributed by atoms with Gasteiger partial charge in [0.05, 0.1) is 6.54 Å². The van der Waals surface area contributed by atoms with Crippen molar-refractivity contribution < 1.29 is 0 Å². The van der Waals surface area contributed by atoms with Crippen molar-refractivity contribution in [1.29, 1.82) is 0 Å². The van der Waals surface area contributed by atoms with Gasteiger partial charge in [0.1, 0.15) is 0 Å². The van der Waals surface area contributed by atoms with E-state index < -0.39 is 0 Å². The Hall–Kier alpha value is -1.09. The number of nitrogens with zero attached hydrogens (tertiary/aromatic N) is 2. The lowest BCUT2D eigenvalue weighted by Crippen LogP contribution is -2.39. The van der Waals surface area contributed by atoms with E-state index >= 15 is 0 Å². The molecule has 0 amide bonds. The topological polar surface area (TPSA) is 28.2 Å². The molecule has 0 bridgehead atoms. The van der Waals surface area contributed by atoms with Gasteiger partial charge in [-0.3, -0.25) is 4.98 Å². The zero-order valence-corrected chi connectivity index (χ0v) is 6.90. The Morgan fingerprint density at radius 2 is 2.17 bits per heavy atom. The summed E-state index contributed by atoms with van der Waals surface area (Å²) in [5.41, 5.74) is 1.23. The van der Waals surface area contributed by atoms with Crippen molar-refractivity contribution in [3.63, 3.8) is 0 Å². The van der Waals surface area contributed by atoms with Gasteiger partial charge >= 0.3 is 0 Å². The molecule has 0 aliphatic carbocycles. The molecule has 2 rings (SSSR count). The maximum absolute atomic E-state index is 3.98. The fraction of sp³-hybridized carbons (Fsp3) is 0.333. The zero-order chi connectivity index (χ0) is 8.23. The number of rotatable bonds is 1. The monoisotopic (exact) mass is 162 g/mol. The Labute approximate surface area is 72.4 Å². The second-order valence-corrected chi connectivity index (χ2v) is 2.79. The van der Waals surface area contributed by atoms with E-state index in [1.54, 1.807) is 0 Å². The van der Waals surface area contributed by atoms with Crippen LogP contribution < -0.4 is 10.2 Å². The van der Waals surface area contributed by atoms with Crippen molar-refractivity contribution >= 4 is 5.69 Å². The first-order valence-electron chi connectivity index (χ1n) is 4.17. The summed E-state index contributed by atoms with van der Waals surface area (Å²) < 4.78 is 0. The molecule has 63 valence electrons. The second-order valence-electron chi connectivity index (χ2n) is 2.79. The lowest BCUT2D eigenvalue weighted by atomic mass is 10.3. The lowest BCUT2D eigenvalue weighted by molar-refractivity contribution is 0.640. The Morgan fingerprint density at radius 3 is 2.83 bits per heavy atom. The Bertz CT molecular complexity index is 229. The van der Waals surface area contributed by atoms with Crippen LogP contribution in [0, 0.1) is 6.54 Å². The highest BCUT2D eigenvalue weighted by molar-refractivity contribution is 5.47. The van der Waals surface area contributed by atoms with Crippen LogP contribution in [0.1, 0.15) is 0 Å². The number of aromatic nitrogens is 1. The molecule has 0 spiro atoms. The number of piperazine rings is 1. The van der Waals surface area contributed by atoms with Crippen LogP contribution in [-0.4, -0.2) is 24.6 Å². The van der Waals surface area contributed by atoms with Gasteiger partial charge in [-0.05, 0) is 12.1 Å². The molecule has 1 radical (unpaired) electrons. The van der Waals surface area contributed by atoms with Crippen molar-refractivity contribution in [3.05, 3.63) is 31.1 Å². The average Bonchev–Trinajstić information content (AvgIpc) is 2.21. The fourth-order valence-corrected chi connectivity index (χ4v) is 1.34. The molecule has 1 saturated heterocycles. The molecule has 2 heterocycles. The SMILES string of the molecule is [CH]1CNCCN1c1ccncc1. The third kappa shape index (κ3) is 1.56. The Balaban J connectivity index is 2.08. The van der Waals surface area contributed by atoms with Gasteiger partial charge in [0, 0.05) is 37.7 Å². The maximum atomic E-state index is 3.98. The molecular weight excluding hydrogens is 150 g/mol. The van der Waals surface area contributed by atoms with Crippen LogP contribution in [-0.2, 0) is 0 Å². The van der Waals surface area contributed by atoms with Crippen LogP contribution in [0.2, 0.25) is 0 Å². The van der Waals surface area contributed by atoms with Crippen LogP contribution in [0.4, 0.5) is 5.69 Å². The number of anilines is 1. The molecule has 0 saturated carbocycles. The highest BCUT2D eigenvalue weighted by Crippen LogP contribution is 2.13. The second kappa shape index (κ2) is 3.54. The normalized spacial score (nSPS) is 17.8. The standard InChI is InChI=1S/C9H12N3/c1-3-10-4-2-9(1)12-7-5-11-6-8-12/h1-4,7,11H,5-6,8H2. The van der Waals surface area contributed by atoms with Crippen molar-refractivity contribution in [3.8, 4) is 0 Å². The van der Waals surface area contributed by atoms with Gasteiger partial charge in [0.25, 0.3) is 0 Å². The minimum Gasteiger partial charge on any atom is -0.364 e. The van der Waals surface area contributed by atoms with Crippen LogP contribution >= 0.6 is 0 Å². The molecule has 1 aliphatic rings. The van der Waals surface area contributed by atoms with E-state index in [2.05, 4.69) is 21.7 Å². The van der Waals surface area contributed by atoms with Gasteiger partial charge in [-0.25, -0.2) is 0 Å². The minimum atomic E-state index is 0.961. The van der Waals surface area contributed by atoms with E-state index in [-0.39, 0.29) is 0 Å². The van der Waals surface area contributed by atoms with E-state index in [9.17, 15) is 0 Å². The molecule has 1 aromatic heterocycles. The quantitative estimate of drug-likeness (QED) is 0.657. The van der Waals surface area contributed by atoms with E-state index in [4.69, 9.17) is 0 Å². The number of pyridine rings is 1. The summed E-state index contributed by atoms with van der Waals surface area (Å²) in [6.45, 7) is 5.23. The van der Waals surface area contributed by atoms with E-state index in [1.807, 2.05) is 24.5 Å². The smallest absolute Gasteiger partial charge is 0.0630 e. The van der Waals surface area contributed by atoms with Gasteiger partial charge in [0.15, 0.2) is 0 Å². The van der Waals surface area contributed by atoms with Gasteiger partial charge < -0.3 is 10.2 Å². The van der Waals surface area contributed by atoms with E-state index in [1.165, 1.54) is 5.69 Å². The highest BCUT2D eigenvalue weighted by atomic mass is 15.2. The summed E-state index contributed by atoms with van der Waals surface area (Å²) in [5.74, 6) is 0. The van der Waals surface area contributed by atoms with Gasteiger partial charge in [-0.2, -0.15) is 0 Å². The summed E-state index contributed by atoms with van der Waals surface area (Å²) in [6.07, 6.45) is 3.65. The van der Waals surface area contributed by atoms with Crippen molar-refractivity contribution in [2.75, 3.05) is 24.5 Å². The summed E-state index contributed by atoms with van der Waals surface area (Å²) in [4.78, 5) is 6.23. The molecule has 3 heteroatoms. The molecule has 1 aromatic rings. The first-order valence-corrected chi connectivity index (χ1v) is 4.17. The van der Waals surface area contributed by atoms with Gasteiger partial charge in [-0.15, -0.1) is 0 Å². The Kier molecular flexibility index (Phi) is 2.23. The van der Waals surface area contributed by atoms with Crippen LogP contribution in [0.3, 0.4) is 0 Å². The third-order valence-electron chi connectivity index (χ3n) is 1.98.